The molecule has 0 radical (unpaired) electrons. The van der Waals surface area contributed by atoms with E-state index in [2.05, 4.69) is 23.1 Å². The summed E-state index contributed by atoms with van der Waals surface area (Å²) in [5, 5.41) is 9.69. The van der Waals surface area contributed by atoms with E-state index in [0.29, 0.717) is 5.92 Å². The zero-order valence-electron chi connectivity index (χ0n) is 13.2. The number of carbonyl (C=O) groups is 1. The molecule has 1 aliphatic heterocycles. The third kappa shape index (κ3) is 2.26. The van der Waals surface area contributed by atoms with Crippen molar-refractivity contribution < 1.29 is 9.90 Å². The van der Waals surface area contributed by atoms with E-state index < -0.39 is 11.4 Å². The number of carboxylic acid groups (broad SMARTS) is 1. The topological polar surface area (TPSA) is 40.5 Å². The molecule has 22 heavy (non-hydrogen) atoms. The fraction of sp³-hybridized carbons (Fsp3) is 0.632. The maximum Gasteiger partial charge on any atom is 0.311 e. The van der Waals surface area contributed by atoms with Gasteiger partial charge in [0.25, 0.3) is 0 Å². The molecule has 3 nitrogen and oxygen atoms in total. The molecule has 1 saturated carbocycles. The third-order valence-corrected chi connectivity index (χ3v) is 6.19. The van der Waals surface area contributed by atoms with Crippen LogP contribution in [-0.4, -0.2) is 29.1 Å². The van der Waals surface area contributed by atoms with E-state index in [0.717, 1.165) is 38.9 Å². The Balaban J connectivity index is 1.50. The second kappa shape index (κ2) is 5.38. The number of aryl methyl sites for hydroxylation is 2. The second-order valence-corrected chi connectivity index (χ2v) is 7.53. The SMILES string of the molecule is O=C(O)[C@@]12CCC[C@H]1CN(Cc1ccc3c(c1)CCCC3)C2. The molecule has 1 aromatic carbocycles. The van der Waals surface area contributed by atoms with Crippen molar-refractivity contribution in [2.24, 2.45) is 11.3 Å². The summed E-state index contributed by atoms with van der Waals surface area (Å²) in [5.41, 5.74) is 3.96. The lowest BCUT2D eigenvalue weighted by atomic mass is 9.81. The Kier molecular flexibility index (Phi) is 3.48. The molecule has 0 spiro atoms. The summed E-state index contributed by atoms with van der Waals surface area (Å²) in [6.45, 7) is 2.62. The highest BCUT2D eigenvalue weighted by atomic mass is 16.4. The molecular formula is C19H25NO2. The third-order valence-electron chi connectivity index (χ3n) is 6.19. The standard InChI is InChI=1S/C19H25NO2/c21-18(22)19-9-3-6-17(19)12-20(13-19)11-14-7-8-15-4-1-2-5-16(15)10-14/h7-8,10,17H,1-6,9,11-13H2,(H,21,22)/t17-,19+/m0/s1. The minimum absolute atomic E-state index is 0.364. The van der Waals surface area contributed by atoms with Crippen molar-refractivity contribution in [2.75, 3.05) is 13.1 Å². The number of benzene rings is 1. The van der Waals surface area contributed by atoms with Crippen LogP contribution in [0.15, 0.2) is 18.2 Å². The molecule has 2 atom stereocenters. The fourth-order valence-corrected chi connectivity index (χ4v) is 5.01. The molecule has 118 valence electrons. The first kappa shape index (κ1) is 14.3. The minimum atomic E-state index is -0.567. The smallest absolute Gasteiger partial charge is 0.311 e. The molecule has 0 amide bonds. The summed E-state index contributed by atoms with van der Waals surface area (Å²) in [4.78, 5) is 14.1. The predicted molar refractivity (Wildman–Crippen MR) is 85.8 cm³/mol. The van der Waals surface area contributed by atoms with Gasteiger partial charge in [0.1, 0.15) is 0 Å². The Morgan fingerprint density at radius 3 is 2.82 bits per heavy atom. The summed E-state index contributed by atoms with van der Waals surface area (Å²) < 4.78 is 0. The monoisotopic (exact) mass is 299 g/mol. The number of carboxylic acids is 1. The van der Waals surface area contributed by atoms with Gasteiger partial charge in [-0.1, -0.05) is 24.6 Å². The van der Waals surface area contributed by atoms with E-state index in [9.17, 15) is 9.90 Å². The number of likely N-dealkylation sites (tertiary alicyclic amines) is 1. The van der Waals surface area contributed by atoms with Crippen LogP contribution in [0.2, 0.25) is 0 Å². The first-order valence-electron chi connectivity index (χ1n) is 8.74. The molecule has 3 aliphatic rings. The Bertz CT molecular complexity index is 597. The van der Waals surface area contributed by atoms with E-state index in [1.54, 1.807) is 0 Å². The first-order valence-corrected chi connectivity index (χ1v) is 8.74. The minimum Gasteiger partial charge on any atom is -0.481 e. The normalized spacial score (nSPS) is 31.0. The van der Waals surface area contributed by atoms with Gasteiger partial charge in [0.2, 0.25) is 0 Å². The van der Waals surface area contributed by atoms with E-state index in [1.165, 1.54) is 42.4 Å². The number of aliphatic carboxylic acids is 1. The van der Waals surface area contributed by atoms with Gasteiger partial charge in [0.05, 0.1) is 5.41 Å². The Morgan fingerprint density at radius 1 is 1.23 bits per heavy atom. The van der Waals surface area contributed by atoms with E-state index in [4.69, 9.17) is 0 Å². The highest BCUT2D eigenvalue weighted by Gasteiger charge is 2.54. The van der Waals surface area contributed by atoms with Crippen LogP contribution < -0.4 is 0 Å². The molecule has 0 bridgehead atoms. The van der Waals surface area contributed by atoms with Crippen LogP contribution in [0.25, 0.3) is 0 Å². The van der Waals surface area contributed by atoms with Crippen molar-refractivity contribution in [1.82, 2.24) is 4.90 Å². The van der Waals surface area contributed by atoms with Crippen LogP contribution in [0.5, 0.6) is 0 Å². The van der Waals surface area contributed by atoms with Crippen LogP contribution >= 0.6 is 0 Å². The van der Waals surface area contributed by atoms with Gasteiger partial charge in [-0.15, -0.1) is 0 Å². The van der Waals surface area contributed by atoms with Crippen molar-refractivity contribution in [1.29, 1.82) is 0 Å². The number of nitrogens with zero attached hydrogens (tertiary/aromatic N) is 1. The van der Waals surface area contributed by atoms with Gasteiger partial charge >= 0.3 is 5.97 Å². The van der Waals surface area contributed by atoms with E-state index in [-0.39, 0.29) is 0 Å². The lowest BCUT2D eigenvalue weighted by Gasteiger charge is -2.24. The Labute approximate surface area is 132 Å². The van der Waals surface area contributed by atoms with Crippen molar-refractivity contribution in [2.45, 2.75) is 51.5 Å². The number of hydrogen-bond acceptors (Lipinski definition) is 2. The summed E-state index contributed by atoms with van der Waals surface area (Å²) >= 11 is 0. The predicted octanol–water partition coefficient (Wildman–Crippen LogP) is 3.25. The number of fused-ring (bicyclic) bond motifs is 2. The summed E-state index contributed by atoms with van der Waals surface area (Å²) in [5.74, 6) is -0.203. The maximum atomic E-state index is 11.8. The van der Waals surface area contributed by atoms with E-state index in [1.807, 2.05) is 0 Å². The van der Waals surface area contributed by atoms with Crippen molar-refractivity contribution in [3.8, 4) is 0 Å². The van der Waals surface area contributed by atoms with Gasteiger partial charge in [0.15, 0.2) is 0 Å². The summed E-state index contributed by atoms with van der Waals surface area (Å²) in [6.07, 6.45) is 8.12. The van der Waals surface area contributed by atoms with Crippen molar-refractivity contribution in [3.05, 3.63) is 34.9 Å². The van der Waals surface area contributed by atoms with Crippen LogP contribution in [0.1, 0.15) is 48.8 Å². The Hall–Kier alpha value is -1.35. The second-order valence-electron chi connectivity index (χ2n) is 7.53. The van der Waals surface area contributed by atoms with Gasteiger partial charge in [-0.05, 0) is 61.1 Å². The average molecular weight is 299 g/mol. The van der Waals surface area contributed by atoms with Crippen LogP contribution in [0, 0.1) is 11.3 Å². The zero-order chi connectivity index (χ0) is 15.2. The van der Waals surface area contributed by atoms with Crippen molar-refractivity contribution in [3.63, 3.8) is 0 Å². The number of hydrogen-bond donors (Lipinski definition) is 1. The fourth-order valence-electron chi connectivity index (χ4n) is 5.01. The maximum absolute atomic E-state index is 11.8. The highest BCUT2D eigenvalue weighted by molar-refractivity contribution is 5.76. The molecule has 0 aromatic heterocycles. The molecule has 2 aliphatic carbocycles. The van der Waals surface area contributed by atoms with Gasteiger partial charge in [-0.2, -0.15) is 0 Å². The van der Waals surface area contributed by atoms with Gasteiger partial charge in [-0.25, -0.2) is 0 Å². The number of rotatable bonds is 3. The molecule has 0 unspecified atom stereocenters. The van der Waals surface area contributed by atoms with Gasteiger partial charge < -0.3 is 5.11 Å². The largest absolute Gasteiger partial charge is 0.481 e. The van der Waals surface area contributed by atoms with Crippen LogP contribution in [-0.2, 0) is 24.2 Å². The van der Waals surface area contributed by atoms with E-state index >= 15 is 0 Å². The molecule has 1 heterocycles. The van der Waals surface area contributed by atoms with Crippen LogP contribution in [0.3, 0.4) is 0 Å². The lowest BCUT2D eigenvalue weighted by Crippen LogP contribution is -2.35. The van der Waals surface area contributed by atoms with Crippen molar-refractivity contribution >= 4 is 5.97 Å². The van der Waals surface area contributed by atoms with Crippen LogP contribution in [0.4, 0.5) is 0 Å². The lowest BCUT2D eigenvalue weighted by molar-refractivity contribution is -0.149. The summed E-state index contributed by atoms with van der Waals surface area (Å²) in [7, 11) is 0. The average Bonchev–Trinajstić information content (AvgIpc) is 3.05. The highest BCUT2D eigenvalue weighted by Crippen LogP contribution is 2.49. The molecule has 1 saturated heterocycles. The molecule has 3 heteroatoms. The van der Waals surface area contributed by atoms with Gasteiger partial charge in [-0.3, -0.25) is 9.69 Å². The molecule has 2 fully saturated rings. The Morgan fingerprint density at radius 2 is 2.05 bits per heavy atom. The zero-order valence-corrected chi connectivity index (χ0v) is 13.2. The first-order chi connectivity index (χ1) is 10.7. The molecular weight excluding hydrogens is 274 g/mol. The molecule has 1 N–H and O–H groups in total. The molecule has 4 rings (SSSR count). The molecule has 1 aromatic rings. The summed E-state index contributed by atoms with van der Waals surface area (Å²) in [6, 6.07) is 6.93. The quantitative estimate of drug-likeness (QED) is 0.931. The van der Waals surface area contributed by atoms with Gasteiger partial charge in [0, 0.05) is 19.6 Å².